The Labute approximate surface area is 90.1 Å². The number of hydrogen-bond acceptors (Lipinski definition) is 0. The Kier molecular flexibility index (Phi) is 2.72. The van der Waals surface area contributed by atoms with Gasteiger partial charge in [0.25, 0.3) is 0 Å². The van der Waals surface area contributed by atoms with Crippen molar-refractivity contribution >= 4 is 5.57 Å². The van der Waals surface area contributed by atoms with Crippen molar-refractivity contribution in [2.24, 2.45) is 0 Å². The van der Waals surface area contributed by atoms with Crippen LogP contribution in [0.2, 0.25) is 0 Å². The lowest BCUT2D eigenvalue weighted by molar-refractivity contribution is 0.618. The van der Waals surface area contributed by atoms with Crippen LogP contribution < -0.4 is 0 Å². The Hall–Kier alpha value is -1.37. The second-order valence-electron chi connectivity index (χ2n) is 4.05. The lowest BCUT2D eigenvalue weighted by atomic mass is 9.92. The molecule has 0 bridgehead atoms. The predicted octanol–water partition coefficient (Wildman–Crippen LogP) is 4.26. The molecule has 0 atom stereocenters. The zero-order chi connectivity index (χ0) is 10.8. The third-order valence-electron chi connectivity index (χ3n) is 2.87. The number of benzene rings is 1. The van der Waals surface area contributed by atoms with E-state index < -0.39 is 0 Å². The normalized spacial score (nSPS) is 15.9. The van der Waals surface area contributed by atoms with Gasteiger partial charge in [-0.15, -0.1) is 0 Å². The molecule has 1 aromatic carbocycles. The van der Waals surface area contributed by atoms with Gasteiger partial charge in [0.05, 0.1) is 0 Å². The molecule has 0 fully saturated rings. The summed E-state index contributed by atoms with van der Waals surface area (Å²) in [7, 11) is 0. The molecular formula is C14H15F. The number of halogens is 1. The second kappa shape index (κ2) is 4.01. The quantitative estimate of drug-likeness (QED) is 0.638. The van der Waals surface area contributed by atoms with Crippen LogP contribution in [0.1, 0.15) is 30.9 Å². The monoisotopic (exact) mass is 202 g/mol. The number of allylic oxidation sites excluding steroid dienone is 4. The van der Waals surface area contributed by atoms with Crippen LogP contribution in [0.5, 0.6) is 0 Å². The Bertz CT molecular complexity index is 439. The molecule has 1 aliphatic carbocycles. The van der Waals surface area contributed by atoms with Crippen LogP contribution in [0.4, 0.5) is 4.39 Å². The molecule has 0 amide bonds. The van der Waals surface area contributed by atoms with Crippen molar-refractivity contribution in [2.45, 2.75) is 26.7 Å². The van der Waals surface area contributed by atoms with E-state index in [1.165, 1.54) is 11.1 Å². The first-order valence-electron chi connectivity index (χ1n) is 5.32. The van der Waals surface area contributed by atoms with Crippen molar-refractivity contribution in [3.8, 4) is 0 Å². The molecule has 15 heavy (non-hydrogen) atoms. The maximum absolute atomic E-state index is 13.4. The molecule has 1 heteroatoms. The summed E-state index contributed by atoms with van der Waals surface area (Å²) < 4.78 is 13.4. The highest BCUT2D eigenvalue weighted by Crippen LogP contribution is 2.28. The molecule has 0 heterocycles. The van der Waals surface area contributed by atoms with Gasteiger partial charge in [0.1, 0.15) is 5.82 Å². The third-order valence-corrected chi connectivity index (χ3v) is 2.87. The Morgan fingerprint density at radius 1 is 1.07 bits per heavy atom. The third kappa shape index (κ3) is 2.01. The number of rotatable bonds is 1. The minimum absolute atomic E-state index is 0.119. The molecule has 0 unspecified atom stereocenters. The van der Waals surface area contributed by atoms with Gasteiger partial charge in [0.15, 0.2) is 0 Å². The maximum Gasteiger partial charge on any atom is 0.126 e. The largest absolute Gasteiger partial charge is 0.207 e. The van der Waals surface area contributed by atoms with Crippen LogP contribution in [0.15, 0.2) is 35.9 Å². The van der Waals surface area contributed by atoms with E-state index in [0.29, 0.717) is 5.56 Å². The number of hydrogen-bond donors (Lipinski definition) is 0. The summed E-state index contributed by atoms with van der Waals surface area (Å²) in [5.74, 6) is -0.119. The van der Waals surface area contributed by atoms with E-state index >= 15 is 0 Å². The second-order valence-corrected chi connectivity index (χ2v) is 4.05. The molecule has 0 saturated carbocycles. The average molecular weight is 202 g/mol. The SMILES string of the molecule is CC1=CCCC=C1c1ccc(C)c(F)c1. The first kappa shape index (κ1) is 10.2. The van der Waals surface area contributed by atoms with Gasteiger partial charge in [0.2, 0.25) is 0 Å². The van der Waals surface area contributed by atoms with Crippen LogP contribution in [-0.2, 0) is 0 Å². The summed E-state index contributed by atoms with van der Waals surface area (Å²) in [6.07, 6.45) is 6.57. The van der Waals surface area contributed by atoms with Crippen molar-refractivity contribution in [1.29, 1.82) is 0 Å². The van der Waals surface area contributed by atoms with Crippen molar-refractivity contribution < 1.29 is 4.39 Å². The minimum atomic E-state index is -0.119. The van der Waals surface area contributed by atoms with Crippen molar-refractivity contribution in [3.05, 3.63) is 52.9 Å². The summed E-state index contributed by atoms with van der Waals surface area (Å²) in [5.41, 5.74) is 4.13. The first-order chi connectivity index (χ1) is 7.18. The summed E-state index contributed by atoms with van der Waals surface area (Å²) in [6, 6.07) is 5.46. The van der Waals surface area contributed by atoms with Gasteiger partial charge in [-0.2, -0.15) is 0 Å². The Morgan fingerprint density at radius 3 is 2.47 bits per heavy atom. The average Bonchev–Trinajstić information content (AvgIpc) is 2.23. The van der Waals surface area contributed by atoms with E-state index in [2.05, 4.69) is 19.1 Å². The molecule has 1 aromatic rings. The Balaban J connectivity index is 2.42. The van der Waals surface area contributed by atoms with Crippen LogP contribution in [0.3, 0.4) is 0 Å². The van der Waals surface area contributed by atoms with Crippen LogP contribution in [-0.4, -0.2) is 0 Å². The maximum atomic E-state index is 13.4. The van der Waals surface area contributed by atoms with Crippen molar-refractivity contribution in [2.75, 3.05) is 0 Å². The van der Waals surface area contributed by atoms with E-state index in [4.69, 9.17) is 0 Å². The fourth-order valence-electron chi connectivity index (χ4n) is 1.90. The zero-order valence-corrected chi connectivity index (χ0v) is 9.18. The lowest BCUT2D eigenvalue weighted by Crippen LogP contribution is -1.93. The summed E-state index contributed by atoms with van der Waals surface area (Å²) in [5, 5.41) is 0. The molecule has 0 nitrogen and oxygen atoms in total. The summed E-state index contributed by atoms with van der Waals surface area (Å²) >= 11 is 0. The van der Waals surface area contributed by atoms with E-state index in [1.807, 2.05) is 12.1 Å². The predicted molar refractivity (Wildman–Crippen MR) is 62.1 cm³/mol. The zero-order valence-electron chi connectivity index (χ0n) is 9.18. The molecule has 0 N–H and O–H groups in total. The smallest absolute Gasteiger partial charge is 0.126 e. The van der Waals surface area contributed by atoms with Gasteiger partial charge in [-0.1, -0.05) is 24.3 Å². The first-order valence-corrected chi connectivity index (χ1v) is 5.32. The van der Waals surface area contributed by atoms with Gasteiger partial charge in [-0.3, -0.25) is 0 Å². The van der Waals surface area contributed by atoms with Gasteiger partial charge < -0.3 is 0 Å². The highest BCUT2D eigenvalue weighted by atomic mass is 19.1. The van der Waals surface area contributed by atoms with Crippen molar-refractivity contribution in [1.82, 2.24) is 0 Å². The molecular weight excluding hydrogens is 187 g/mol. The standard InChI is InChI=1S/C14H15F/c1-10-5-3-4-6-13(10)12-8-7-11(2)14(15)9-12/h5-9H,3-4H2,1-2H3. The van der Waals surface area contributed by atoms with E-state index in [9.17, 15) is 4.39 Å². The van der Waals surface area contributed by atoms with E-state index in [0.717, 1.165) is 18.4 Å². The number of aryl methyl sites for hydroxylation is 1. The molecule has 2 rings (SSSR count). The molecule has 0 aromatic heterocycles. The molecule has 0 saturated heterocycles. The van der Waals surface area contributed by atoms with Crippen molar-refractivity contribution in [3.63, 3.8) is 0 Å². The summed E-state index contributed by atoms with van der Waals surface area (Å²) in [4.78, 5) is 0. The minimum Gasteiger partial charge on any atom is -0.207 e. The Morgan fingerprint density at radius 2 is 1.80 bits per heavy atom. The van der Waals surface area contributed by atoms with Gasteiger partial charge in [0, 0.05) is 0 Å². The van der Waals surface area contributed by atoms with E-state index in [-0.39, 0.29) is 5.82 Å². The van der Waals surface area contributed by atoms with Crippen LogP contribution in [0.25, 0.3) is 5.57 Å². The summed E-state index contributed by atoms with van der Waals surface area (Å²) in [6.45, 7) is 3.87. The highest BCUT2D eigenvalue weighted by molar-refractivity contribution is 5.79. The van der Waals surface area contributed by atoms with Crippen LogP contribution >= 0.6 is 0 Å². The molecule has 1 aliphatic rings. The molecule has 0 aliphatic heterocycles. The van der Waals surface area contributed by atoms with Crippen LogP contribution in [0, 0.1) is 12.7 Å². The fraction of sp³-hybridized carbons (Fsp3) is 0.286. The molecule has 0 spiro atoms. The van der Waals surface area contributed by atoms with E-state index in [1.54, 1.807) is 13.0 Å². The molecule has 78 valence electrons. The van der Waals surface area contributed by atoms with Gasteiger partial charge >= 0.3 is 0 Å². The molecule has 0 radical (unpaired) electrons. The highest BCUT2D eigenvalue weighted by Gasteiger charge is 2.08. The topological polar surface area (TPSA) is 0 Å². The lowest BCUT2D eigenvalue weighted by Gasteiger charge is -2.13. The van der Waals surface area contributed by atoms with Gasteiger partial charge in [-0.25, -0.2) is 4.39 Å². The fourth-order valence-corrected chi connectivity index (χ4v) is 1.90. The van der Waals surface area contributed by atoms with Gasteiger partial charge in [-0.05, 0) is 55.0 Å².